The highest BCUT2D eigenvalue weighted by atomic mass is 35.5. The second-order valence-electron chi connectivity index (χ2n) is 4.18. The van der Waals surface area contributed by atoms with Crippen LogP contribution in [0.5, 0.6) is 5.75 Å². The van der Waals surface area contributed by atoms with E-state index in [1.807, 2.05) is 30.3 Å². The number of aromatic hydroxyl groups is 1. The van der Waals surface area contributed by atoms with Crippen LogP contribution in [0.25, 0.3) is 0 Å². The monoisotopic (exact) mass is 337 g/mol. The van der Waals surface area contributed by atoms with Crippen molar-refractivity contribution >= 4 is 45.4 Å². The lowest BCUT2D eigenvalue weighted by Crippen LogP contribution is -2.12. The fourth-order valence-corrected chi connectivity index (χ4v) is 2.85. The van der Waals surface area contributed by atoms with Gasteiger partial charge in [0.1, 0.15) is 10.6 Å². The zero-order chi connectivity index (χ0) is 16.2. The van der Waals surface area contributed by atoms with E-state index in [0.717, 1.165) is 5.69 Å². The number of phenolic OH excluding ortho intramolecular Hbond substituents is 1. The molecule has 0 saturated carbocycles. The van der Waals surface area contributed by atoms with Gasteiger partial charge in [0.05, 0.1) is 10.7 Å². The van der Waals surface area contributed by atoms with Crippen LogP contribution >= 0.6 is 11.6 Å². The van der Waals surface area contributed by atoms with Crippen molar-refractivity contribution in [1.82, 2.24) is 0 Å². The van der Waals surface area contributed by atoms with E-state index in [1.54, 1.807) is 0 Å². The SMILES string of the molecule is NS(=O)(=O)c1c(Cl)ccc(N=CC=Nc2ccccc2)c1O. The number of nitrogens with two attached hydrogens (primary N) is 1. The quantitative estimate of drug-likeness (QED) is 0.838. The molecule has 2 aromatic carbocycles. The fraction of sp³-hybridized carbons (Fsp3) is 0. The predicted molar refractivity (Wildman–Crippen MR) is 87.2 cm³/mol. The summed E-state index contributed by atoms with van der Waals surface area (Å²) >= 11 is 5.73. The summed E-state index contributed by atoms with van der Waals surface area (Å²) in [4.78, 5) is 7.50. The van der Waals surface area contributed by atoms with Gasteiger partial charge < -0.3 is 5.11 Å². The van der Waals surface area contributed by atoms with Crippen molar-refractivity contribution < 1.29 is 13.5 Å². The Morgan fingerprint density at radius 3 is 2.32 bits per heavy atom. The average molecular weight is 338 g/mol. The van der Waals surface area contributed by atoms with Crippen molar-refractivity contribution in [3.05, 3.63) is 47.5 Å². The number of phenols is 1. The first kappa shape index (κ1) is 16.2. The van der Waals surface area contributed by atoms with Gasteiger partial charge in [0.25, 0.3) is 0 Å². The van der Waals surface area contributed by atoms with E-state index in [2.05, 4.69) is 9.98 Å². The van der Waals surface area contributed by atoms with Gasteiger partial charge in [-0.25, -0.2) is 13.6 Å². The number of nitrogens with zero attached hydrogens (tertiary/aromatic N) is 2. The van der Waals surface area contributed by atoms with E-state index in [0.29, 0.717) is 0 Å². The zero-order valence-corrected chi connectivity index (χ0v) is 12.8. The highest BCUT2D eigenvalue weighted by molar-refractivity contribution is 7.89. The average Bonchev–Trinajstić information content (AvgIpc) is 2.45. The number of halogens is 1. The second kappa shape index (κ2) is 6.69. The van der Waals surface area contributed by atoms with Crippen molar-refractivity contribution in [1.29, 1.82) is 0 Å². The van der Waals surface area contributed by atoms with Gasteiger partial charge in [-0.2, -0.15) is 0 Å². The van der Waals surface area contributed by atoms with Crippen LogP contribution < -0.4 is 5.14 Å². The molecule has 3 N–H and O–H groups in total. The number of sulfonamides is 1. The van der Waals surface area contributed by atoms with Crippen LogP contribution in [-0.4, -0.2) is 26.0 Å². The van der Waals surface area contributed by atoms with Gasteiger partial charge in [-0.15, -0.1) is 0 Å². The molecule has 0 spiro atoms. The van der Waals surface area contributed by atoms with Crippen LogP contribution in [0, 0.1) is 0 Å². The van der Waals surface area contributed by atoms with Gasteiger partial charge in [0.15, 0.2) is 5.75 Å². The maximum Gasteiger partial charge on any atom is 0.243 e. The summed E-state index contributed by atoms with van der Waals surface area (Å²) in [6, 6.07) is 11.8. The molecule has 114 valence electrons. The number of aliphatic imine (C=N–C) groups is 2. The molecule has 0 bridgehead atoms. The van der Waals surface area contributed by atoms with Gasteiger partial charge >= 0.3 is 0 Å². The summed E-state index contributed by atoms with van der Waals surface area (Å²) in [5, 5.41) is 14.8. The van der Waals surface area contributed by atoms with Gasteiger partial charge in [-0.1, -0.05) is 29.8 Å². The molecular formula is C14H12ClN3O3S. The maximum atomic E-state index is 11.4. The Bertz CT molecular complexity index is 834. The molecule has 0 aromatic heterocycles. The van der Waals surface area contributed by atoms with Crippen LogP contribution in [0.1, 0.15) is 0 Å². The topological polar surface area (TPSA) is 105 Å². The summed E-state index contributed by atoms with van der Waals surface area (Å²) in [5.41, 5.74) is 0.757. The van der Waals surface area contributed by atoms with Gasteiger partial charge in [0, 0.05) is 12.4 Å². The summed E-state index contributed by atoms with van der Waals surface area (Å²) in [6.07, 6.45) is 2.74. The van der Waals surface area contributed by atoms with Crippen LogP contribution in [0.4, 0.5) is 11.4 Å². The molecule has 0 unspecified atom stereocenters. The number of hydrogen-bond acceptors (Lipinski definition) is 5. The van der Waals surface area contributed by atoms with Crippen molar-refractivity contribution in [3.8, 4) is 5.75 Å². The molecule has 0 aliphatic rings. The highest BCUT2D eigenvalue weighted by Gasteiger charge is 2.20. The summed E-state index contributed by atoms with van der Waals surface area (Å²) in [5.74, 6) is -0.598. The van der Waals surface area contributed by atoms with E-state index in [1.165, 1.54) is 24.6 Å². The lowest BCUT2D eigenvalue weighted by atomic mass is 10.3. The van der Waals surface area contributed by atoms with Crippen LogP contribution in [0.3, 0.4) is 0 Å². The first-order chi connectivity index (χ1) is 10.4. The Hall–Kier alpha value is -2.22. The fourth-order valence-electron chi connectivity index (χ4n) is 1.66. The summed E-state index contributed by atoms with van der Waals surface area (Å²) < 4.78 is 22.8. The van der Waals surface area contributed by atoms with Crippen LogP contribution in [-0.2, 0) is 10.0 Å². The summed E-state index contributed by atoms with van der Waals surface area (Å²) in [7, 11) is -4.15. The first-order valence-corrected chi connectivity index (χ1v) is 7.98. The van der Waals surface area contributed by atoms with E-state index in [-0.39, 0.29) is 10.7 Å². The third kappa shape index (κ3) is 3.91. The number of para-hydroxylation sites is 1. The first-order valence-electron chi connectivity index (χ1n) is 6.05. The minimum atomic E-state index is -4.15. The largest absolute Gasteiger partial charge is 0.504 e. The molecule has 0 fully saturated rings. The Morgan fingerprint density at radius 2 is 1.68 bits per heavy atom. The van der Waals surface area contributed by atoms with Gasteiger partial charge in [-0.05, 0) is 24.3 Å². The van der Waals surface area contributed by atoms with Crippen molar-refractivity contribution in [2.45, 2.75) is 4.90 Å². The Kier molecular flexibility index (Phi) is 4.92. The normalized spacial score (nSPS) is 12.3. The molecule has 6 nitrogen and oxygen atoms in total. The summed E-state index contributed by atoms with van der Waals surface area (Å²) in [6.45, 7) is 0. The third-order valence-electron chi connectivity index (χ3n) is 2.61. The molecule has 0 amide bonds. The minimum Gasteiger partial charge on any atom is -0.504 e. The molecular weight excluding hydrogens is 326 g/mol. The van der Waals surface area contributed by atoms with E-state index in [4.69, 9.17) is 16.7 Å². The molecule has 2 aromatic rings. The van der Waals surface area contributed by atoms with Crippen LogP contribution in [0.2, 0.25) is 5.02 Å². The van der Waals surface area contributed by atoms with Crippen LogP contribution in [0.15, 0.2) is 57.3 Å². The molecule has 8 heteroatoms. The molecule has 0 radical (unpaired) electrons. The molecule has 0 heterocycles. The number of benzene rings is 2. The van der Waals surface area contributed by atoms with Crippen molar-refractivity contribution in [3.63, 3.8) is 0 Å². The van der Waals surface area contributed by atoms with E-state index >= 15 is 0 Å². The lowest BCUT2D eigenvalue weighted by Gasteiger charge is -2.06. The Morgan fingerprint density at radius 1 is 1.05 bits per heavy atom. The highest BCUT2D eigenvalue weighted by Crippen LogP contribution is 2.37. The number of primary sulfonamides is 1. The minimum absolute atomic E-state index is 0.0212. The number of hydrogen-bond donors (Lipinski definition) is 2. The van der Waals surface area contributed by atoms with Gasteiger partial charge in [-0.3, -0.25) is 9.98 Å². The van der Waals surface area contributed by atoms with E-state index < -0.39 is 20.7 Å². The molecule has 22 heavy (non-hydrogen) atoms. The smallest absolute Gasteiger partial charge is 0.243 e. The molecule has 2 rings (SSSR count). The molecule has 0 aliphatic heterocycles. The second-order valence-corrected chi connectivity index (χ2v) is 6.09. The molecule has 0 aliphatic carbocycles. The molecule has 0 atom stereocenters. The van der Waals surface area contributed by atoms with Crippen molar-refractivity contribution in [2.24, 2.45) is 15.1 Å². The molecule has 0 saturated heterocycles. The van der Waals surface area contributed by atoms with E-state index in [9.17, 15) is 13.5 Å². The van der Waals surface area contributed by atoms with Gasteiger partial charge in [0.2, 0.25) is 10.0 Å². The zero-order valence-electron chi connectivity index (χ0n) is 11.2. The Balaban J connectivity index is 2.28. The maximum absolute atomic E-state index is 11.4. The lowest BCUT2D eigenvalue weighted by molar-refractivity contribution is 0.460. The predicted octanol–water partition coefficient (Wildman–Crippen LogP) is 2.80. The number of rotatable bonds is 4. The Labute approximate surface area is 132 Å². The van der Waals surface area contributed by atoms with Crippen molar-refractivity contribution in [2.75, 3.05) is 0 Å². The third-order valence-corrected chi connectivity index (χ3v) is 4.02. The standard InChI is InChI=1S/C14H12ClN3O3S/c15-11-6-7-12(13(19)14(11)22(16,20)21)18-9-8-17-10-4-2-1-3-5-10/h1-9,19H,(H2,16,20,21).